The van der Waals surface area contributed by atoms with Gasteiger partial charge in [-0.1, -0.05) is 54.6 Å². The first kappa shape index (κ1) is 30.9. The molecule has 1 amide bonds. The number of benzene rings is 2. The molecule has 0 fully saturated rings. The lowest BCUT2D eigenvalue weighted by Gasteiger charge is -2.42. The molecule has 2 aromatic heterocycles. The Morgan fingerprint density at radius 1 is 0.889 bits per heavy atom. The third-order valence-electron chi connectivity index (χ3n) is 8.85. The fourth-order valence-corrected chi connectivity index (χ4v) is 6.65. The lowest BCUT2D eigenvalue weighted by Crippen LogP contribution is -2.52. The Hall–Kier alpha value is -4.07. The summed E-state index contributed by atoms with van der Waals surface area (Å²) < 4.78 is 5.94. The van der Waals surface area contributed by atoms with E-state index in [-0.39, 0.29) is 18.2 Å². The Labute approximate surface area is 267 Å². The molecule has 0 unspecified atom stereocenters. The van der Waals surface area contributed by atoms with Crippen molar-refractivity contribution in [1.82, 2.24) is 25.1 Å². The molecule has 6 rings (SSSR count). The van der Waals surface area contributed by atoms with E-state index >= 15 is 0 Å². The molecule has 1 N–H and O–H groups in total. The largest absolute Gasteiger partial charge is 0.444 e. The molecule has 45 heavy (non-hydrogen) atoms. The van der Waals surface area contributed by atoms with Gasteiger partial charge < -0.3 is 10.1 Å². The number of rotatable bonds is 9. The normalized spacial score (nSPS) is 17.9. The molecule has 1 aliphatic heterocycles. The number of aromatic nitrogens is 2. The van der Waals surface area contributed by atoms with E-state index in [1.807, 2.05) is 56.4 Å². The number of aryl methyl sites for hydroxylation is 1. The van der Waals surface area contributed by atoms with Gasteiger partial charge in [0, 0.05) is 51.3 Å². The zero-order chi connectivity index (χ0) is 31.2. The fourth-order valence-electron chi connectivity index (χ4n) is 6.65. The number of carbonyl (C=O) groups is 1. The summed E-state index contributed by atoms with van der Waals surface area (Å²) in [4.78, 5) is 27.2. The van der Waals surface area contributed by atoms with Gasteiger partial charge in [-0.05, 0) is 98.0 Å². The van der Waals surface area contributed by atoms with E-state index in [1.165, 1.54) is 39.1 Å². The van der Waals surface area contributed by atoms with E-state index in [4.69, 9.17) is 9.72 Å². The third-order valence-corrected chi connectivity index (χ3v) is 8.85. The van der Waals surface area contributed by atoms with E-state index in [9.17, 15) is 4.79 Å². The number of fused-ring (bicyclic) bond motifs is 2. The van der Waals surface area contributed by atoms with Crippen molar-refractivity contribution >= 4 is 6.09 Å². The Kier molecular flexibility index (Phi) is 9.57. The summed E-state index contributed by atoms with van der Waals surface area (Å²) in [5.74, 6) is 0. The highest BCUT2D eigenvalue weighted by Gasteiger charge is 2.36. The van der Waals surface area contributed by atoms with Crippen LogP contribution in [0.15, 0.2) is 91.4 Å². The second-order valence-electron chi connectivity index (χ2n) is 13.4. The number of nitrogens with zero attached hydrogens (tertiary/aromatic N) is 4. The van der Waals surface area contributed by atoms with Gasteiger partial charge in [-0.25, -0.2) is 4.79 Å². The summed E-state index contributed by atoms with van der Waals surface area (Å²) in [5, 5.41) is 3.54. The lowest BCUT2D eigenvalue weighted by molar-refractivity contribution is 0.00400. The molecule has 2 aliphatic rings. The maximum atomic E-state index is 13.6. The minimum absolute atomic E-state index is 0.0134. The third kappa shape index (κ3) is 7.96. The summed E-state index contributed by atoms with van der Waals surface area (Å²) in [6, 6.07) is 26.0. The highest BCUT2D eigenvalue weighted by atomic mass is 16.6. The van der Waals surface area contributed by atoms with E-state index in [0.717, 1.165) is 51.9 Å². The first-order chi connectivity index (χ1) is 21.8. The molecular formula is C38H45N5O2. The molecule has 234 valence electrons. The van der Waals surface area contributed by atoms with Gasteiger partial charge in [0.15, 0.2) is 0 Å². The van der Waals surface area contributed by atoms with Crippen LogP contribution in [0.2, 0.25) is 0 Å². The highest BCUT2D eigenvalue weighted by molar-refractivity contribution is 5.69. The molecule has 0 saturated carbocycles. The second kappa shape index (κ2) is 13.9. The number of hydrogen-bond donors (Lipinski definition) is 1. The van der Waals surface area contributed by atoms with Gasteiger partial charge in [-0.2, -0.15) is 0 Å². The summed E-state index contributed by atoms with van der Waals surface area (Å²) in [6.07, 6.45) is 9.39. The lowest BCUT2D eigenvalue weighted by atomic mass is 9.89. The first-order valence-corrected chi connectivity index (χ1v) is 16.2. The van der Waals surface area contributed by atoms with Gasteiger partial charge >= 0.3 is 6.09 Å². The molecule has 2 atom stereocenters. The van der Waals surface area contributed by atoms with Crippen LogP contribution in [-0.2, 0) is 43.8 Å². The number of nitrogens with one attached hydrogen (secondary N) is 1. The summed E-state index contributed by atoms with van der Waals surface area (Å²) in [6.45, 7) is 9.51. The maximum Gasteiger partial charge on any atom is 0.410 e. The Balaban J connectivity index is 1.24. The van der Waals surface area contributed by atoms with E-state index in [0.29, 0.717) is 6.54 Å². The van der Waals surface area contributed by atoms with Crippen molar-refractivity contribution in [1.29, 1.82) is 0 Å². The van der Waals surface area contributed by atoms with Gasteiger partial charge in [0.2, 0.25) is 0 Å². The van der Waals surface area contributed by atoms with Crippen LogP contribution in [-0.4, -0.2) is 44.0 Å². The average Bonchev–Trinajstić information content (AvgIpc) is 3.04. The van der Waals surface area contributed by atoms with Crippen molar-refractivity contribution in [3.63, 3.8) is 0 Å². The van der Waals surface area contributed by atoms with Crippen molar-refractivity contribution in [3.05, 3.63) is 130 Å². The molecule has 0 saturated heterocycles. The van der Waals surface area contributed by atoms with Crippen LogP contribution in [0.3, 0.4) is 0 Å². The van der Waals surface area contributed by atoms with Gasteiger partial charge in [-0.15, -0.1) is 0 Å². The van der Waals surface area contributed by atoms with E-state index in [2.05, 4.69) is 75.9 Å². The number of pyridine rings is 2. The maximum absolute atomic E-state index is 13.6. The molecular weight excluding hydrogens is 558 g/mol. The molecule has 0 radical (unpaired) electrons. The minimum atomic E-state index is -0.556. The SMILES string of the molecule is CC(C)(C)OC(=O)N1Cc2ccccc2C[C@@H]1CN(Cc1ccc(CNCc2ccncc2)cc1)[C@H]1CCCc2cccnc21. The molecule has 0 bridgehead atoms. The van der Waals surface area contributed by atoms with Crippen molar-refractivity contribution in [2.24, 2.45) is 0 Å². The second-order valence-corrected chi connectivity index (χ2v) is 13.4. The number of ether oxygens (including phenoxy) is 1. The van der Waals surface area contributed by atoms with Crippen LogP contribution >= 0.6 is 0 Å². The Morgan fingerprint density at radius 2 is 1.58 bits per heavy atom. The van der Waals surface area contributed by atoms with Gasteiger partial charge in [-0.3, -0.25) is 19.8 Å². The molecule has 1 aliphatic carbocycles. The zero-order valence-electron chi connectivity index (χ0n) is 26.8. The van der Waals surface area contributed by atoms with Crippen LogP contribution < -0.4 is 5.32 Å². The predicted molar refractivity (Wildman–Crippen MR) is 177 cm³/mol. The van der Waals surface area contributed by atoms with Crippen molar-refractivity contribution in [2.45, 2.75) is 90.3 Å². The molecule has 7 nitrogen and oxygen atoms in total. The predicted octanol–water partition coefficient (Wildman–Crippen LogP) is 7.01. The quantitative estimate of drug-likeness (QED) is 0.222. The topological polar surface area (TPSA) is 70.6 Å². The first-order valence-electron chi connectivity index (χ1n) is 16.2. The summed E-state index contributed by atoms with van der Waals surface area (Å²) >= 11 is 0. The van der Waals surface area contributed by atoms with Gasteiger partial charge in [0.05, 0.1) is 17.8 Å². The number of hydrogen-bond acceptors (Lipinski definition) is 6. The molecule has 2 aromatic carbocycles. The van der Waals surface area contributed by atoms with E-state index < -0.39 is 5.60 Å². The number of amides is 1. The van der Waals surface area contributed by atoms with Crippen molar-refractivity contribution in [2.75, 3.05) is 6.54 Å². The Bertz CT molecular complexity index is 1570. The van der Waals surface area contributed by atoms with Crippen LogP contribution in [0.25, 0.3) is 0 Å². The zero-order valence-corrected chi connectivity index (χ0v) is 26.8. The molecule has 0 spiro atoms. The van der Waals surface area contributed by atoms with Crippen molar-refractivity contribution in [3.8, 4) is 0 Å². The minimum Gasteiger partial charge on any atom is -0.444 e. The van der Waals surface area contributed by atoms with Gasteiger partial charge in [0.25, 0.3) is 0 Å². The standard InChI is InChI=1S/C38H45N5O2/c1-38(2,3)45-37(44)43-26-33-9-5-4-8-32(33)22-34(43)27-42(35-12-6-10-31-11-7-19-41-36(31)35)25-30-15-13-28(14-16-30)23-40-24-29-17-20-39-21-18-29/h4-5,7-9,11,13-21,34-35,40H,6,10,12,22-27H2,1-3H3/t34-,35+/m1/s1. The van der Waals surface area contributed by atoms with Crippen LogP contribution in [0.4, 0.5) is 4.79 Å². The fraction of sp³-hybridized carbons (Fsp3) is 0.395. The monoisotopic (exact) mass is 603 g/mol. The molecule has 3 heterocycles. The van der Waals surface area contributed by atoms with E-state index in [1.54, 1.807) is 0 Å². The van der Waals surface area contributed by atoms with Crippen molar-refractivity contribution < 1.29 is 9.53 Å². The Morgan fingerprint density at radius 3 is 2.33 bits per heavy atom. The average molecular weight is 604 g/mol. The smallest absolute Gasteiger partial charge is 0.410 e. The van der Waals surface area contributed by atoms with Crippen LogP contribution in [0.5, 0.6) is 0 Å². The summed E-state index contributed by atoms with van der Waals surface area (Å²) in [7, 11) is 0. The highest BCUT2D eigenvalue weighted by Crippen LogP contribution is 2.35. The van der Waals surface area contributed by atoms with Crippen LogP contribution in [0.1, 0.15) is 78.7 Å². The molecule has 7 heteroatoms. The van der Waals surface area contributed by atoms with Crippen LogP contribution in [0, 0.1) is 0 Å². The van der Waals surface area contributed by atoms with Gasteiger partial charge in [0.1, 0.15) is 5.60 Å². The molecule has 4 aromatic rings. The summed E-state index contributed by atoms with van der Waals surface area (Å²) in [5.41, 5.74) is 8.22. The number of carbonyl (C=O) groups excluding carboxylic acids is 1.